The highest BCUT2D eigenvalue weighted by atomic mass is 19.3. The summed E-state index contributed by atoms with van der Waals surface area (Å²) in [4.78, 5) is 29.7. The van der Waals surface area contributed by atoms with E-state index in [1.807, 2.05) is 43.3 Å². The number of hydrogen-bond acceptors (Lipinski definition) is 5. The molecule has 190 valence electrons. The molecule has 0 spiro atoms. The van der Waals surface area contributed by atoms with E-state index in [4.69, 9.17) is 4.98 Å². The first-order chi connectivity index (χ1) is 17.2. The Labute approximate surface area is 209 Å². The highest BCUT2D eigenvalue weighted by Gasteiger charge is 2.52. The molecule has 0 saturated heterocycles. The van der Waals surface area contributed by atoms with E-state index in [-0.39, 0.29) is 32.6 Å². The molecule has 1 aliphatic heterocycles. The van der Waals surface area contributed by atoms with E-state index >= 15 is 0 Å². The van der Waals surface area contributed by atoms with Gasteiger partial charge >= 0.3 is 12.3 Å². The molecule has 7 nitrogen and oxygen atoms in total. The quantitative estimate of drug-likeness (QED) is 0.472. The molecule has 2 aliphatic rings. The average Bonchev–Trinajstić information content (AvgIpc) is 3.61. The number of halogens is 2. The van der Waals surface area contributed by atoms with Crippen molar-refractivity contribution in [2.75, 3.05) is 7.05 Å². The van der Waals surface area contributed by atoms with Crippen molar-refractivity contribution in [3.8, 4) is 22.8 Å². The maximum atomic E-state index is 13.4. The first-order valence-corrected chi connectivity index (χ1v) is 11.6. The van der Waals surface area contributed by atoms with E-state index in [1.54, 1.807) is 13.1 Å². The normalized spacial score (nSPS) is 16.3. The first-order valence-electron chi connectivity index (χ1n) is 11.6. The Morgan fingerprint density at radius 1 is 1.06 bits per heavy atom. The van der Waals surface area contributed by atoms with Crippen molar-refractivity contribution < 1.29 is 30.7 Å². The fraction of sp³-hybridized carbons (Fsp3) is 0.296. The van der Waals surface area contributed by atoms with Crippen LogP contribution in [-0.4, -0.2) is 30.1 Å². The second kappa shape index (κ2) is 8.89. The summed E-state index contributed by atoms with van der Waals surface area (Å²) in [6, 6.07) is 15.8. The van der Waals surface area contributed by atoms with Crippen LogP contribution in [0.25, 0.3) is 11.3 Å². The lowest BCUT2D eigenvalue weighted by molar-refractivity contribution is -0.286. The summed E-state index contributed by atoms with van der Waals surface area (Å²) in [6.45, 7) is 2.32. The van der Waals surface area contributed by atoms with Crippen molar-refractivity contribution >= 4 is 11.8 Å². The van der Waals surface area contributed by atoms with Gasteiger partial charge < -0.3 is 20.1 Å². The second-order valence-corrected chi connectivity index (χ2v) is 9.11. The molecule has 1 aliphatic carbocycles. The van der Waals surface area contributed by atoms with Crippen LogP contribution in [0.3, 0.4) is 0 Å². The van der Waals surface area contributed by atoms with Crippen molar-refractivity contribution in [2.45, 2.75) is 44.4 Å². The average molecular weight is 498 g/mol. The number of ether oxygens (including phenoxy) is 2. The summed E-state index contributed by atoms with van der Waals surface area (Å²) in [5.41, 5.74) is 4.08. The summed E-state index contributed by atoms with van der Waals surface area (Å²) >= 11 is 0. The van der Waals surface area contributed by atoms with E-state index in [0.29, 0.717) is 30.6 Å². The number of carbonyl (C=O) groups excluding carboxylic acids is 2. The topological polar surface area (TPSA) is 89.6 Å². The van der Waals surface area contributed by atoms with E-state index in [9.17, 15) is 18.4 Å². The number of rotatable bonds is 7. The summed E-state index contributed by atoms with van der Waals surface area (Å²) in [7, 11) is 1.56. The van der Waals surface area contributed by atoms with Gasteiger partial charge in [-0.2, -0.15) is 0 Å². The van der Waals surface area contributed by atoms with Crippen molar-refractivity contribution in [1.29, 1.82) is 0 Å². The van der Waals surface area contributed by atoms with Gasteiger partial charge in [0.1, 0.15) is 5.78 Å². The fourth-order valence-corrected chi connectivity index (χ4v) is 4.49. The third-order valence-corrected chi connectivity index (χ3v) is 6.61. The highest BCUT2D eigenvalue weighted by molar-refractivity contribution is 5.94. The lowest BCUT2D eigenvalue weighted by Crippen LogP contribution is -2.32. The van der Waals surface area contributed by atoms with Crippen molar-refractivity contribution in [3.05, 3.63) is 77.0 Å². The van der Waals surface area contributed by atoms with E-state index in [1.165, 1.54) is 12.1 Å². The van der Waals surface area contributed by atoms with Gasteiger partial charge in [-0.1, -0.05) is 30.3 Å². The number of aryl methyl sites for hydroxylation is 1. The Bertz CT molecular complexity index is 1370. The van der Waals surface area contributed by atoms with E-state index in [2.05, 4.69) is 20.1 Å². The van der Waals surface area contributed by atoms with Crippen molar-refractivity contribution in [1.82, 2.24) is 15.6 Å². The molecule has 0 unspecified atom stereocenters. The number of aromatic nitrogens is 1. The molecule has 5 rings (SSSR count). The minimum atomic E-state index is -3.69. The van der Waals surface area contributed by atoms with Crippen LogP contribution in [0.15, 0.2) is 54.6 Å². The first kappa shape index (κ1) is 23.7. The van der Waals surface area contributed by atoms with Gasteiger partial charge in [-0.15, -0.1) is 8.78 Å². The maximum Gasteiger partial charge on any atom is 0.586 e. The van der Waals surface area contributed by atoms with Crippen molar-refractivity contribution in [2.24, 2.45) is 0 Å². The number of pyridine rings is 1. The molecule has 2 aromatic carbocycles. The molecule has 2 heterocycles. The molecule has 1 saturated carbocycles. The van der Waals surface area contributed by atoms with E-state index < -0.39 is 11.7 Å². The van der Waals surface area contributed by atoms with Crippen LogP contribution in [0, 0.1) is 6.92 Å². The predicted octanol–water partition coefficient (Wildman–Crippen LogP) is 5.14. The van der Waals surface area contributed by atoms with Crippen LogP contribution >= 0.6 is 0 Å². The van der Waals surface area contributed by atoms with Gasteiger partial charge in [-0.05, 0) is 60.7 Å². The molecule has 1 aromatic heterocycles. The molecular formula is C27H29F2N3O4. The third kappa shape index (κ3) is 4.60. The zero-order valence-corrected chi connectivity index (χ0v) is 19.9. The molecule has 36 heavy (non-hydrogen) atoms. The van der Waals surface area contributed by atoms with Crippen molar-refractivity contribution in [3.63, 3.8) is 0 Å². The van der Waals surface area contributed by atoms with Gasteiger partial charge in [0.2, 0.25) is 0 Å². The Morgan fingerprint density at radius 3 is 2.58 bits per heavy atom. The largest absolute Gasteiger partial charge is 0.586 e. The standard InChI is InChI=1S/C27H25F2N3O4.2H2/c1-16-6-8-20(32-24(16)18-5-3-4-17(12-18)15-31-25(34)30-2)14-23(33)26(10-11-26)19-7-9-21-22(13-19)36-27(28,29)35-21;;/h3-9,12-13H,10-11,14-15H2,1-2H3,(H2,30,31,34);2*1H. The molecule has 0 radical (unpaired) electrons. The van der Waals surface area contributed by atoms with Gasteiger partial charge in [0.25, 0.3) is 0 Å². The number of alkyl halides is 2. The van der Waals surface area contributed by atoms with Crippen LogP contribution in [0.2, 0.25) is 0 Å². The summed E-state index contributed by atoms with van der Waals surface area (Å²) in [6.07, 6.45) is -2.29. The second-order valence-electron chi connectivity index (χ2n) is 9.11. The van der Waals surface area contributed by atoms with E-state index in [0.717, 1.165) is 22.4 Å². The molecule has 3 aromatic rings. The van der Waals surface area contributed by atoms with Crippen LogP contribution in [-0.2, 0) is 23.2 Å². The number of carbonyl (C=O) groups is 2. The number of fused-ring (bicyclic) bond motifs is 1. The SMILES string of the molecule is CNC(=O)NCc1cccc(-c2nc(CC(=O)C3(c4ccc5c(c4)OC(F)(F)O5)CC3)ccc2C)c1.[HH].[HH]. The molecule has 1 fully saturated rings. The van der Waals surface area contributed by atoms with Crippen LogP contribution in [0.4, 0.5) is 13.6 Å². The summed E-state index contributed by atoms with van der Waals surface area (Å²) in [5.74, 6) is -0.110. The Morgan fingerprint density at radius 2 is 1.83 bits per heavy atom. The molecule has 0 bridgehead atoms. The van der Waals surface area contributed by atoms with Gasteiger partial charge in [0.05, 0.1) is 11.1 Å². The number of Topliss-reactive ketones (excluding diaryl/α,β-unsaturated/α-hetero) is 1. The minimum absolute atomic E-state index is 0. The number of benzene rings is 2. The zero-order chi connectivity index (χ0) is 25.5. The predicted molar refractivity (Wildman–Crippen MR) is 132 cm³/mol. The molecule has 2 N–H and O–H groups in total. The lowest BCUT2D eigenvalue weighted by Gasteiger charge is -2.16. The lowest BCUT2D eigenvalue weighted by atomic mass is 9.88. The number of nitrogens with one attached hydrogen (secondary N) is 2. The number of amides is 2. The smallest absolute Gasteiger partial charge is 0.395 e. The molecule has 0 atom stereocenters. The molecular weight excluding hydrogens is 468 g/mol. The number of hydrogen-bond donors (Lipinski definition) is 2. The number of nitrogens with zero attached hydrogens (tertiary/aromatic N) is 1. The maximum absolute atomic E-state index is 13.4. The summed E-state index contributed by atoms with van der Waals surface area (Å²) in [5, 5.41) is 5.29. The number of ketones is 1. The zero-order valence-electron chi connectivity index (χ0n) is 19.9. The van der Waals surface area contributed by atoms with Gasteiger partial charge in [0, 0.05) is 34.1 Å². The van der Waals surface area contributed by atoms with Gasteiger partial charge in [-0.3, -0.25) is 9.78 Å². The Balaban J connectivity index is 0.00000200. The summed E-state index contributed by atoms with van der Waals surface area (Å²) < 4.78 is 35.9. The Hall–Kier alpha value is -4.01. The third-order valence-electron chi connectivity index (χ3n) is 6.61. The number of urea groups is 1. The fourth-order valence-electron chi connectivity index (χ4n) is 4.49. The monoisotopic (exact) mass is 497 g/mol. The molecule has 9 heteroatoms. The molecule has 2 amide bonds. The Kier molecular flexibility index (Phi) is 5.86. The van der Waals surface area contributed by atoms with Crippen LogP contribution < -0.4 is 20.1 Å². The van der Waals surface area contributed by atoms with Gasteiger partial charge in [0.15, 0.2) is 11.5 Å². The van der Waals surface area contributed by atoms with Crippen LogP contribution in [0.1, 0.15) is 38.1 Å². The highest BCUT2D eigenvalue weighted by Crippen LogP contribution is 2.52. The minimum Gasteiger partial charge on any atom is -0.395 e. The van der Waals surface area contributed by atoms with Crippen LogP contribution in [0.5, 0.6) is 11.5 Å². The van der Waals surface area contributed by atoms with Gasteiger partial charge in [-0.25, -0.2) is 4.79 Å².